The van der Waals surface area contributed by atoms with Gasteiger partial charge in [0.05, 0.1) is 0 Å². The zero-order chi connectivity index (χ0) is 13.5. The Morgan fingerprint density at radius 1 is 1.33 bits per heavy atom. The number of amides is 1. The Labute approximate surface area is 110 Å². The number of carbonyl (C=O) groups excluding carboxylic acids is 1. The highest BCUT2D eigenvalue weighted by molar-refractivity contribution is 5.81. The lowest BCUT2D eigenvalue weighted by Gasteiger charge is -2.19. The molecule has 0 spiro atoms. The summed E-state index contributed by atoms with van der Waals surface area (Å²) in [5.41, 5.74) is 1.04. The van der Waals surface area contributed by atoms with Crippen LogP contribution in [0.25, 0.3) is 0 Å². The van der Waals surface area contributed by atoms with Gasteiger partial charge in [-0.15, -0.1) is 0 Å². The molecule has 0 bridgehead atoms. The SMILES string of the molecule is CCC[C@H](C)NC(=O)[C@@H](C)Oc1ccccc1C. The molecular weight excluding hydrogens is 226 g/mol. The van der Waals surface area contributed by atoms with Crippen molar-refractivity contribution >= 4 is 5.91 Å². The summed E-state index contributed by atoms with van der Waals surface area (Å²) in [6, 6.07) is 7.92. The average molecular weight is 249 g/mol. The minimum atomic E-state index is -0.467. The summed E-state index contributed by atoms with van der Waals surface area (Å²) in [5, 5.41) is 2.96. The third-order valence-electron chi connectivity index (χ3n) is 2.88. The molecule has 3 heteroatoms. The van der Waals surface area contributed by atoms with Crippen molar-refractivity contribution in [3.8, 4) is 5.75 Å². The Morgan fingerprint density at radius 2 is 2.00 bits per heavy atom. The fourth-order valence-corrected chi connectivity index (χ4v) is 1.80. The van der Waals surface area contributed by atoms with Crippen LogP contribution in [-0.2, 0) is 4.79 Å². The van der Waals surface area contributed by atoms with E-state index in [1.54, 1.807) is 6.92 Å². The number of hydrogen-bond donors (Lipinski definition) is 1. The van der Waals surface area contributed by atoms with Gasteiger partial charge in [0.2, 0.25) is 0 Å². The fourth-order valence-electron chi connectivity index (χ4n) is 1.80. The van der Waals surface area contributed by atoms with E-state index < -0.39 is 6.10 Å². The van der Waals surface area contributed by atoms with Gasteiger partial charge in [-0.25, -0.2) is 0 Å². The third-order valence-corrected chi connectivity index (χ3v) is 2.88. The molecule has 1 amide bonds. The molecule has 0 aliphatic carbocycles. The van der Waals surface area contributed by atoms with Gasteiger partial charge in [0.1, 0.15) is 5.75 Å². The molecule has 0 aliphatic rings. The lowest BCUT2D eigenvalue weighted by molar-refractivity contribution is -0.127. The molecule has 0 aliphatic heterocycles. The highest BCUT2D eigenvalue weighted by Crippen LogP contribution is 2.17. The van der Waals surface area contributed by atoms with E-state index >= 15 is 0 Å². The fraction of sp³-hybridized carbons (Fsp3) is 0.533. The number of benzene rings is 1. The molecule has 18 heavy (non-hydrogen) atoms. The van der Waals surface area contributed by atoms with Gasteiger partial charge in [-0.05, 0) is 38.8 Å². The van der Waals surface area contributed by atoms with E-state index in [2.05, 4.69) is 12.2 Å². The van der Waals surface area contributed by atoms with E-state index in [4.69, 9.17) is 4.74 Å². The van der Waals surface area contributed by atoms with Crippen molar-refractivity contribution in [1.82, 2.24) is 5.32 Å². The zero-order valence-corrected chi connectivity index (χ0v) is 11.7. The molecule has 2 atom stereocenters. The number of hydrogen-bond acceptors (Lipinski definition) is 2. The number of para-hydroxylation sites is 1. The van der Waals surface area contributed by atoms with Crippen LogP contribution in [0.2, 0.25) is 0 Å². The molecule has 0 fully saturated rings. The van der Waals surface area contributed by atoms with Crippen LogP contribution in [-0.4, -0.2) is 18.1 Å². The number of ether oxygens (including phenoxy) is 1. The average Bonchev–Trinajstić information content (AvgIpc) is 2.32. The van der Waals surface area contributed by atoms with Crippen LogP contribution in [0.5, 0.6) is 5.75 Å². The van der Waals surface area contributed by atoms with Crippen LogP contribution >= 0.6 is 0 Å². The van der Waals surface area contributed by atoms with Gasteiger partial charge in [-0.2, -0.15) is 0 Å². The molecule has 0 unspecified atom stereocenters. The normalized spacial score (nSPS) is 13.8. The van der Waals surface area contributed by atoms with Crippen molar-refractivity contribution in [2.24, 2.45) is 0 Å². The highest BCUT2D eigenvalue weighted by Gasteiger charge is 2.16. The monoisotopic (exact) mass is 249 g/mol. The van der Waals surface area contributed by atoms with Gasteiger partial charge in [0.25, 0.3) is 5.91 Å². The number of aryl methyl sites for hydroxylation is 1. The molecular formula is C15H23NO2. The van der Waals surface area contributed by atoms with Crippen LogP contribution < -0.4 is 10.1 Å². The third kappa shape index (κ3) is 4.40. The minimum Gasteiger partial charge on any atom is -0.481 e. The van der Waals surface area contributed by atoms with Crippen molar-refractivity contribution in [3.63, 3.8) is 0 Å². The van der Waals surface area contributed by atoms with E-state index in [-0.39, 0.29) is 11.9 Å². The highest BCUT2D eigenvalue weighted by atomic mass is 16.5. The predicted octanol–water partition coefficient (Wildman–Crippen LogP) is 3.07. The first-order valence-corrected chi connectivity index (χ1v) is 6.57. The van der Waals surface area contributed by atoms with E-state index in [9.17, 15) is 4.79 Å². The van der Waals surface area contributed by atoms with Crippen molar-refractivity contribution in [2.45, 2.75) is 52.7 Å². The largest absolute Gasteiger partial charge is 0.481 e. The van der Waals surface area contributed by atoms with Crippen molar-refractivity contribution in [1.29, 1.82) is 0 Å². The van der Waals surface area contributed by atoms with Crippen LogP contribution in [0.1, 0.15) is 39.2 Å². The molecule has 3 nitrogen and oxygen atoms in total. The Hall–Kier alpha value is -1.51. The zero-order valence-electron chi connectivity index (χ0n) is 11.7. The standard InChI is InChI=1S/C15H23NO2/c1-5-8-12(3)16-15(17)13(4)18-14-10-7-6-9-11(14)2/h6-7,9-10,12-13H,5,8H2,1-4H3,(H,16,17)/t12-,13+/m0/s1. The molecule has 0 saturated carbocycles. The molecule has 0 saturated heterocycles. The molecule has 0 radical (unpaired) electrons. The summed E-state index contributed by atoms with van der Waals surface area (Å²) in [6.07, 6.45) is 1.59. The first-order valence-electron chi connectivity index (χ1n) is 6.57. The Morgan fingerprint density at radius 3 is 2.61 bits per heavy atom. The van der Waals surface area contributed by atoms with Crippen LogP contribution in [0.15, 0.2) is 24.3 Å². The van der Waals surface area contributed by atoms with E-state index in [0.29, 0.717) is 0 Å². The van der Waals surface area contributed by atoms with Crippen molar-refractivity contribution < 1.29 is 9.53 Å². The molecule has 0 aromatic heterocycles. The quantitative estimate of drug-likeness (QED) is 0.841. The second-order valence-corrected chi connectivity index (χ2v) is 4.72. The predicted molar refractivity (Wildman–Crippen MR) is 73.8 cm³/mol. The van der Waals surface area contributed by atoms with Crippen LogP contribution in [0.3, 0.4) is 0 Å². The van der Waals surface area contributed by atoms with Crippen LogP contribution in [0, 0.1) is 6.92 Å². The van der Waals surface area contributed by atoms with Gasteiger partial charge < -0.3 is 10.1 Å². The summed E-state index contributed by atoms with van der Waals surface area (Å²) in [6.45, 7) is 7.87. The van der Waals surface area contributed by atoms with Crippen molar-refractivity contribution in [3.05, 3.63) is 29.8 Å². The smallest absolute Gasteiger partial charge is 0.260 e. The second kappa shape index (κ2) is 7.04. The first kappa shape index (κ1) is 14.6. The lowest BCUT2D eigenvalue weighted by Crippen LogP contribution is -2.41. The van der Waals surface area contributed by atoms with Gasteiger partial charge in [0.15, 0.2) is 6.10 Å². The molecule has 100 valence electrons. The topological polar surface area (TPSA) is 38.3 Å². The molecule has 1 rings (SSSR count). The van der Waals surface area contributed by atoms with Gasteiger partial charge >= 0.3 is 0 Å². The van der Waals surface area contributed by atoms with E-state index in [1.165, 1.54) is 0 Å². The molecule has 1 aromatic carbocycles. The summed E-state index contributed by atoms with van der Waals surface area (Å²) in [7, 11) is 0. The summed E-state index contributed by atoms with van der Waals surface area (Å²) >= 11 is 0. The molecule has 1 N–H and O–H groups in total. The summed E-state index contributed by atoms with van der Waals surface area (Å²) in [5.74, 6) is 0.711. The maximum Gasteiger partial charge on any atom is 0.260 e. The number of nitrogens with one attached hydrogen (secondary N) is 1. The van der Waals surface area contributed by atoms with Gasteiger partial charge in [-0.1, -0.05) is 31.5 Å². The maximum atomic E-state index is 11.9. The van der Waals surface area contributed by atoms with Crippen LogP contribution in [0.4, 0.5) is 0 Å². The van der Waals surface area contributed by atoms with Crippen molar-refractivity contribution in [2.75, 3.05) is 0 Å². The molecule has 0 heterocycles. The number of carbonyl (C=O) groups is 1. The summed E-state index contributed by atoms with van der Waals surface area (Å²) in [4.78, 5) is 11.9. The van der Waals surface area contributed by atoms with Gasteiger partial charge in [-0.3, -0.25) is 4.79 Å². The Balaban J connectivity index is 2.52. The number of rotatable bonds is 6. The summed E-state index contributed by atoms with van der Waals surface area (Å²) < 4.78 is 5.67. The van der Waals surface area contributed by atoms with Gasteiger partial charge in [0, 0.05) is 6.04 Å². The van der Waals surface area contributed by atoms with E-state index in [0.717, 1.165) is 24.2 Å². The Kier molecular flexibility index (Phi) is 5.69. The Bertz CT molecular complexity index is 390. The van der Waals surface area contributed by atoms with E-state index in [1.807, 2.05) is 38.1 Å². The molecule has 1 aromatic rings. The first-order chi connectivity index (χ1) is 8.54. The maximum absolute atomic E-state index is 11.9. The second-order valence-electron chi connectivity index (χ2n) is 4.72. The minimum absolute atomic E-state index is 0.0563. The lowest BCUT2D eigenvalue weighted by atomic mass is 10.2.